The second kappa shape index (κ2) is 15.1. The number of piperidine rings is 1. The molecule has 3 amide bonds. The summed E-state index contributed by atoms with van der Waals surface area (Å²) in [6.07, 6.45) is 5.82. The number of rotatable bonds is 11. The maximum Gasteiger partial charge on any atom is 0.406 e. The monoisotopic (exact) mass is 522 g/mol. The molecule has 3 rings (SSSR count). The highest BCUT2D eigenvalue weighted by molar-refractivity contribution is 5.75. The van der Waals surface area contributed by atoms with E-state index >= 15 is 4.39 Å². The maximum absolute atomic E-state index is 15.0. The third-order valence-corrected chi connectivity index (χ3v) is 7.50. The van der Waals surface area contributed by atoms with Crippen molar-refractivity contribution in [3.63, 3.8) is 0 Å². The third kappa shape index (κ3) is 8.55. The van der Waals surface area contributed by atoms with E-state index in [1.54, 1.807) is 11.0 Å². The molecule has 0 radical (unpaired) electrons. The lowest BCUT2D eigenvalue weighted by Crippen LogP contribution is -2.56. The maximum atomic E-state index is 15.0. The molecule has 1 aromatic carbocycles. The molecule has 0 unspecified atom stereocenters. The summed E-state index contributed by atoms with van der Waals surface area (Å²) in [6.45, 7) is 2.23. The number of halogens is 1. The van der Waals surface area contributed by atoms with Crippen LogP contribution in [-0.2, 0) is 16.1 Å². The van der Waals surface area contributed by atoms with Gasteiger partial charge in [-0.3, -0.25) is 0 Å². The second-order valence-electron chi connectivity index (χ2n) is 10.1. The first kappa shape index (κ1) is 29.1. The summed E-state index contributed by atoms with van der Waals surface area (Å²) < 4.78 is 25.2. The second-order valence-corrected chi connectivity index (χ2v) is 10.1. The minimum Gasteiger partial charge on any atom is -0.453 e. The Morgan fingerprint density at radius 3 is 2.70 bits per heavy atom. The number of nitrogens with one attached hydrogen (secondary N) is 3. The van der Waals surface area contributed by atoms with Crippen molar-refractivity contribution >= 4 is 12.1 Å². The molecule has 0 bridgehead atoms. The Hall–Kier alpha value is -2.43. The van der Waals surface area contributed by atoms with Crippen LogP contribution in [0.5, 0.6) is 0 Å². The van der Waals surface area contributed by atoms with Gasteiger partial charge in [0.15, 0.2) is 0 Å². The van der Waals surface area contributed by atoms with Crippen molar-refractivity contribution in [1.82, 2.24) is 20.9 Å². The number of benzene rings is 1. The molecule has 1 aliphatic heterocycles. The molecule has 0 spiro atoms. The largest absolute Gasteiger partial charge is 0.453 e. The number of hydrogen-bond acceptors (Lipinski definition) is 6. The van der Waals surface area contributed by atoms with E-state index in [1.165, 1.54) is 19.6 Å². The Kier molecular flexibility index (Phi) is 11.9. The molecular weight excluding hydrogens is 479 g/mol. The fourth-order valence-electron chi connectivity index (χ4n) is 5.57. The van der Waals surface area contributed by atoms with Crippen molar-refractivity contribution in [2.75, 3.05) is 46.9 Å². The first-order valence-electron chi connectivity index (χ1n) is 13.5. The zero-order chi connectivity index (χ0) is 26.6. The summed E-state index contributed by atoms with van der Waals surface area (Å²) >= 11 is 0. The van der Waals surface area contributed by atoms with Gasteiger partial charge in [0.05, 0.1) is 32.5 Å². The third-order valence-electron chi connectivity index (χ3n) is 7.50. The van der Waals surface area contributed by atoms with E-state index in [0.29, 0.717) is 25.2 Å². The van der Waals surface area contributed by atoms with Gasteiger partial charge < -0.3 is 35.4 Å². The summed E-state index contributed by atoms with van der Waals surface area (Å²) in [5, 5.41) is 19.7. The van der Waals surface area contributed by atoms with Crippen LogP contribution >= 0.6 is 0 Å². The number of carbonyl (C=O) groups is 2. The molecule has 2 aliphatic rings. The van der Waals surface area contributed by atoms with Gasteiger partial charge in [0.25, 0.3) is 0 Å². The molecule has 1 saturated carbocycles. The molecule has 1 aromatic rings. The van der Waals surface area contributed by atoms with Gasteiger partial charge in [0, 0.05) is 32.1 Å². The van der Waals surface area contributed by atoms with E-state index in [1.807, 2.05) is 13.1 Å². The Bertz CT molecular complexity index is 867. The van der Waals surface area contributed by atoms with E-state index in [4.69, 9.17) is 4.74 Å². The van der Waals surface area contributed by atoms with Gasteiger partial charge in [-0.15, -0.1) is 0 Å². The number of alkyl carbamates (subject to hydrolysis) is 1. The number of aliphatic hydroxyl groups is 1. The number of aliphatic hydroxyl groups excluding tert-OH is 1. The number of methoxy groups -OCH3 is 1. The van der Waals surface area contributed by atoms with E-state index in [2.05, 4.69) is 20.7 Å². The van der Waals surface area contributed by atoms with Crippen LogP contribution in [0.15, 0.2) is 18.2 Å². The number of likely N-dealkylation sites (tertiary alicyclic amines) is 1. The van der Waals surface area contributed by atoms with E-state index in [9.17, 15) is 14.7 Å². The summed E-state index contributed by atoms with van der Waals surface area (Å²) in [5.41, 5.74) is 1.32. The highest BCUT2D eigenvalue weighted by Crippen LogP contribution is 2.32. The minimum atomic E-state index is -0.596. The molecule has 37 heavy (non-hydrogen) atoms. The lowest BCUT2D eigenvalue weighted by Gasteiger charge is -2.37. The van der Waals surface area contributed by atoms with Gasteiger partial charge in [-0.1, -0.05) is 31.4 Å². The van der Waals surface area contributed by atoms with Crippen molar-refractivity contribution in [3.05, 3.63) is 35.1 Å². The van der Waals surface area contributed by atoms with Gasteiger partial charge in [-0.05, 0) is 55.8 Å². The molecule has 208 valence electrons. The first-order valence-corrected chi connectivity index (χ1v) is 13.5. The fraction of sp³-hybridized carbons (Fsp3) is 0.704. The molecule has 1 saturated heterocycles. The van der Waals surface area contributed by atoms with E-state index in [0.717, 1.165) is 44.1 Å². The average Bonchev–Trinajstić information content (AvgIpc) is 2.92. The van der Waals surface area contributed by atoms with Crippen molar-refractivity contribution in [2.45, 2.75) is 69.6 Å². The van der Waals surface area contributed by atoms with Crippen molar-refractivity contribution in [1.29, 1.82) is 0 Å². The Morgan fingerprint density at radius 1 is 1.19 bits per heavy atom. The van der Waals surface area contributed by atoms with E-state index in [-0.39, 0.29) is 49.5 Å². The van der Waals surface area contributed by atoms with Crippen molar-refractivity contribution < 1.29 is 28.6 Å². The smallest absolute Gasteiger partial charge is 0.406 e. The molecule has 2 fully saturated rings. The lowest BCUT2D eigenvalue weighted by atomic mass is 9.82. The van der Waals surface area contributed by atoms with Crippen molar-refractivity contribution in [3.8, 4) is 0 Å². The molecule has 3 atom stereocenters. The van der Waals surface area contributed by atoms with Gasteiger partial charge in [0.2, 0.25) is 0 Å². The summed E-state index contributed by atoms with van der Waals surface area (Å²) in [4.78, 5) is 26.2. The SMILES string of the molecule is CNC[C@@H](NC(=O)N1CCC[C@H](c2c(F)cccc2COCCNC(=O)OC)C1)[C@@H](O)C1CCCCC1. The summed E-state index contributed by atoms with van der Waals surface area (Å²) in [5.74, 6) is -0.259. The van der Waals surface area contributed by atoms with Gasteiger partial charge >= 0.3 is 12.1 Å². The van der Waals surface area contributed by atoms with Crippen LogP contribution < -0.4 is 16.0 Å². The minimum absolute atomic E-state index is 0.154. The number of amides is 3. The van der Waals surface area contributed by atoms with Crippen LogP contribution in [0.2, 0.25) is 0 Å². The highest BCUT2D eigenvalue weighted by Gasteiger charge is 2.33. The molecule has 1 heterocycles. The van der Waals surface area contributed by atoms with Crippen LogP contribution in [0.1, 0.15) is 62.0 Å². The Balaban J connectivity index is 1.61. The number of urea groups is 1. The van der Waals surface area contributed by atoms with Crippen LogP contribution in [0.3, 0.4) is 0 Å². The Labute approximate surface area is 219 Å². The quantitative estimate of drug-likeness (QED) is 0.332. The first-order chi connectivity index (χ1) is 17.9. The number of hydrogen-bond donors (Lipinski definition) is 4. The zero-order valence-corrected chi connectivity index (χ0v) is 22.1. The molecule has 1 aliphatic carbocycles. The summed E-state index contributed by atoms with van der Waals surface area (Å²) in [6, 6.07) is 4.35. The predicted octanol–water partition coefficient (Wildman–Crippen LogP) is 3.12. The fourth-order valence-corrected chi connectivity index (χ4v) is 5.57. The Morgan fingerprint density at radius 2 is 1.97 bits per heavy atom. The normalized spacial score (nSPS) is 20.2. The molecule has 9 nitrogen and oxygen atoms in total. The molecule has 4 N–H and O–H groups in total. The molecule has 10 heteroatoms. The van der Waals surface area contributed by atoms with Crippen LogP contribution in [-0.4, -0.2) is 81.2 Å². The van der Waals surface area contributed by atoms with Gasteiger partial charge in [-0.2, -0.15) is 0 Å². The lowest BCUT2D eigenvalue weighted by molar-refractivity contribution is 0.0507. The predicted molar refractivity (Wildman–Crippen MR) is 139 cm³/mol. The zero-order valence-electron chi connectivity index (χ0n) is 22.1. The summed E-state index contributed by atoms with van der Waals surface area (Å²) in [7, 11) is 3.11. The highest BCUT2D eigenvalue weighted by atomic mass is 19.1. The van der Waals surface area contributed by atoms with Crippen LogP contribution in [0, 0.1) is 11.7 Å². The van der Waals surface area contributed by atoms with E-state index < -0.39 is 12.2 Å². The number of ether oxygens (including phenoxy) is 2. The topological polar surface area (TPSA) is 112 Å². The van der Waals surface area contributed by atoms with Crippen LogP contribution in [0.25, 0.3) is 0 Å². The van der Waals surface area contributed by atoms with Gasteiger partial charge in [-0.25, -0.2) is 14.0 Å². The number of likely N-dealkylation sites (N-methyl/N-ethyl adjacent to an activating group) is 1. The molecule has 0 aromatic heterocycles. The van der Waals surface area contributed by atoms with Crippen LogP contribution in [0.4, 0.5) is 14.0 Å². The standard InChI is InChI=1S/C27H43FN4O5/c1-29-16-23(25(33)19-8-4-3-5-9-19)31-26(34)32-14-7-11-20(17-32)24-21(10-6-12-22(24)28)18-37-15-13-30-27(35)36-2/h6,10,12,19-20,23,25,29,33H,3-5,7-9,11,13-18H2,1-2H3,(H,30,35)(H,31,34)/t20-,23+,25-/m0/s1. The number of carbonyl (C=O) groups excluding carboxylic acids is 2. The van der Waals surface area contributed by atoms with Crippen molar-refractivity contribution in [2.24, 2.45) is 5.92 Å². The average molecular weight is 523 g/mol. The van der Waals surface area contributed by atoms with Gasteiger partial charge in [0.1, 0.15) is 5.82 Å². The molecular formula is C27H43FN4O5. The number of nitrogens with zero attached hydrogens (tertiary/aromatic N) is 1.